The molecule has 1 heterocycles. The second-order valence-corrected chi connectivity index (χ2v) is 4.39. The number of ketones is 1. The third-order valence-electron chi connectivity index (χ3n) is 3.36. The van der Waals surface area contributed by atoms with Gasteiger partial charge in [0.1, 0.15) is 11.5 Å². The monoisotopic (exact) mass is 252 g/mol. The van der Waals surface area contributed by atoms with Gasteiger partial charge >= 0.3 is 0 Å². The van der Waals surface area contributed by atoms with Crippen LogP contribution in [0.2, 0.25) is 0 Å². The Labute approximate surface area is 105 Å². The van der Waals surface area contributed by atoms with Gasteiger partial charge in [-0.05, 0) is 18.6 Å². The minimum Gasteiger partial charge on any atom is -0.497 e. The molecule has 0 saturated carbocycles. The van der Waals surface area contributed by atoms with Gasteiger partial charge in [0, 0.05) is 6.07 Å². The van der Waals surface area contributed by atoms with Crippen LogP contribution in [0.25, 0.3) is 0 Å². The van der Waals surface area contributed by atoms with Crippen LogP contribution in [0.4, 0.5) is 0 Å². The number of carbonyl (C=O) groups excluding carboxylic acids is 1. The van der Waals surface area contributed by atoms with Crippen LogP contribution < -0.4 is 9.47 Å². The molecule has 0 fully saturated rings. The summed E-state index contributed by atoms with van der Waals surface area (Å²) in [4.78, 5) is 12.4. The molecule has 0 radical (unpaired) electrons. The van der Waals surface area contributed by atoms with Gasteiger partial charge in [-0.2, -0.15) is 0 Å². The van der Waals surface area contributed by atoms with Crippen molar-refractivity contribution in [2.75, 3.05) is 26.9 Å². The summed E-state index contributed by atoms with van der Waals surface area (Å²) in [5, 5.41) is 18.8. The van der Waals surface area contributed by atoms with Crippen molar-refractivity contribution in [3.63, 3.8) is 0 Å². The molecule has 2 rings (SSSR count). The molecule has 1 aromatic rings. The molecule has 0 aliphatic carbocycles. The average molecular weight is 252 g/mol. The van der Waals surface area contributed by atoms with Crippen LogP contribution in [0.15, 0.2) is 18.2 Å². The zero-order valence-electron chi connectivity index (χ0n) is 10.2. The fourth-order valence-corrected chi connectivity index (χ4v) is 2.04. The van der Waals surface area contributed by atoms with Crippen molar-refractivity contribution in [2.45, 2.75) is 6.42 Å². The topological polar surface area (TPSA) is 76.0 Å². The molecule has 0 saturated heterocycles. The highest BCUT2D eigenvalue weighted by atomic mass is 16.5. The minimum absolute atomic E-state index is 0.271. The Hall–Kier alpha value is -1.59. The van der Waals surface area contributed by atoms with Crippen molar-refractivity contribution in [1.29, 1.82) is 0 Å². The summed E-state index contributed by atoms with van der Waals surface area (Å²) in [6.45, 7) is -0.513. The van der Waals surface area contributed by atoms with Gasteiger partial charge in [-0.15, -0.1) is 0 Å². The van der Waals surface area contributed by atoms with Gasteiger partial charge in [-0.25, -0.2) is 0 Å². The molecule has 2 N–H and O–H groups in total. The van der Waals surface area contributed by atoms with Crippen LogP contribution >= 0.6 is 0 Å². The molecular weight excluding hydrogens is 236 g/mol. The molecule has 98 valence electrons. The summed E-state index contributed by atoms with van der Waals surface area (Å²) in [5.41, 5.74) is -0.781. The summed E-state index contributed by atoms with van der Waals surface area (Å²) in [5.74, 6) is 0.743. The number of rotatable bonds is 3. The summed E-state index contributed by atoms with van der Waals surface area (Å²) < 4.78 is 10.6. The molecule has 1 aliphatic rings. The van der Waals surface area contributed by atoms with Crippen LogP contribution in [0, 0.1) is 5.41 Å². The van der Waals surface area contributed by atoms with E-state index in [9.17, 15) is 15.0 Å². The van der Waals surface area contributed by atoms with Gasteiger partial charge in [-0.1, -0.05) is 0 Å². The summed E-state index contributed by atoms with van der Waals surface area (Å²) in [6.07, 6.45) is 0.288. The van der Waals surface area contributed by atoms with E-state index in [2.05, 4.69) is 0 Å². The quantitative estimate of drug-likeness (QED) is 0.825. The van der Waals surface area contributed by atoms with E-state index in [1.807, 2.05) is 0 Å². The Morgan fingerprint density at radius 3 is 2.72 bits per heavy atom. The summed E-state index contributed by atoms with van der Waals surface area (Å²) >= 11 is 0. The van der Waals surface area contributed by atoms with E-state index >= 15 is 0 Å². The molecule has 18 heavy (non-hydrogen) atoms. The van der Waals surface area contributed by atoms with Gasteiger partial charge in [0.2, 0.25) is 0 Å². The third-order valence-corrected chi connectivity index (χ3v) is 3.36. The third kappa shape index (κ3) is 1.95. The molecule has 0 aromatic heterocycles. The lowest BCUT2D eigenvalue weighted by Gasteiger charge is -2.25. The first-order chi connectivity index (χ1) is 8.66. The van der Waals surface area contributed by atoms with Crippen molar-refractivity contribution in [3.05, 3.63) is 23.8 Å². The predicted octanol–water partition coefficient (Wildman–Crippen LogP) is 0.631. The average Bonchev–Trinajstić information content (AvgIpc) is 2.56. The van der Waals surface area contributed by atoms with Crippen molar-refractivity contribution >= 4 is 5.78 Å². The van der Waals surface area contributed by atoms with Crippen molar-refractivity contribution in [1.82, 2.24) is 0 Å². The Kier molecular flexibility index (Phi) is 3.54. The number of carbonyl (C=O) groups is 1. The molecule has 0 spiro atoms. The summed E-state index contributed by atoms with van der Waals surface area (Å²) in [7, 11) is 1.53. The first kappa shape index (κ1) is 12.9. The van der Waals surface area contributed by atoms with Gasteiger partial charge < -0.3 is 19.7 Å². The Bertz CT molecular complexity index is 451. The fraction of sp³-hybridized carbons (Fsp3) is 0.462. The normalized spacial score (nSPS) is 17.6. The maximum absolute atomic E-state index is 12.4. The Morgan fingerprint density at radius 1 is 1.39 bits per heavy atom. The number of aliphatic hydroxyl groups is 2. The van der Waals surface area contributed by atoms with Gasteiger partial charge in [0.25, 0.3) is 0 Å². The largest absolute Gasteiger partial charge is 0.497 e. The fourth-order valence-electron chi connectivity index (χ4n) is 2.04. The standard InChI is InChI=1S/C13H16O5/c1-17-9-2-3-10-11(6-9)18-5-4-13(7-14,8-15)12(10)16/h2-3,6,14-15H,4-5,7-8H2,1H3. The van der Waals surface area contributed by atoms with Crippen LogP contribution in [-0.2, 0) is 0 Å². The van der Waals surface area contributed by atoms with E-state index in [0.29, 0.717) is 17.1 Å². The number of aliphatic hydroxyl groups excluding tert-OH is 2. The molecule has 0 amide bonds. The smallest absolute Gasteiger partial charge is 0.177 e. The second kappa shape index (κ2) is 4.96. The van der Waals surface area contributed by atoms with E-state index < -0.39 is 18.6 Å². The number of hydrogen-bond acceptors (Lipinski definition) is 5. The molecule has 5 heteroatoms. The molecule has 1 aromatic carbocycles. The zero-order chi connectivity index (χ0) is 13.2. The highest BCUT2D eigenvalue weighted by Gasteiger charge is 2.41. The maximum atomic E-state index is 12.4. The molecular formula is C13H16O5. The lowest BCUT2D eigenvalue weighted by molar-refractivity contribution is 0.0345. The van der Waals surface area contributed by atoms with Crippen LogP contribution in [0.1, 0.15) is 16.8 Å². The molecule has 0 unspecified atom stereocenters. The first-order valence-electron chi connectivity index (χ1n) is 5.74. The van der Waals surface area contributed by atoms with Gasteiger partial charge in [0.15, 0.2) is 5.78 Å². The lowest BCUT2D eigenvalue weighted by atomic mass is 9.79. The van der Waals surface area contributed by atoms with Gasteiger partial charge in [-0.3, -0.25) is 4.79 Å². The number of benzene rings is 1. The van der Waals surface area contributed by atoms with Crippen molar-refractivity contribution in [3.8, 4) is 11.5 Å². The number of fused-ring (bicyclic) bond motifs is 1. The number of Topliss-reactive ketones (excluding diaryl/α,β-unsaturated/α-hetero) is 1. The van der Waals surface area contributed by atoms with Crippen molar-refractivity contribution < 1.29 is 24.5 Å². The SMILES string of the molecule is COc1ccc2c(c1)OCCC(CO)(CO)C2=O. The zero-order valence-corrected chi connectivity index (χ0v) is 10.2. The Morgan fingerprint density at radius 2 is 2.11 bits per heavy atom. The minimum atomic E-state index is -1.15. The van der Waals surface area contributed by atoms with E-state index in [-0.39, 0.29) is 18.8 Å². The number of hydrogen-bond donors (Lipinski definition) is 2. The predicted molar refractivity (Wildman–Crippen MR) is 64.0 cm³/mol. The maximum Gasteiger partial charge on any atom is 0.177 e. The van der Waals surface area contributed by atoms with E-state index in [0.717, 1.165) is 0 Å². The van der Waals surface area contributed by atoms with Crippen LogP contribution in [-0.4, -0.2) is 42.9 Å². The molecule has 0 atom stereocenters. The molecule has 0 bridgehead atoms. The summed E-state index contributed by atoms with van der Waals surface area (Å²) in [6, 6.07) is 4.89. The van der Waals surface area contributed by atoms with E-state index in [1.54, 1.807) is 18.2 Å². The lowest BCUT2D eigenvalue weighted by Crippen LogP contribution is -2.38. The van der Waals surface area contributed by atoms with E-state index in [1.165, 1.54) is 7.11 Å². The van der Waals surface area contributed by atoms with Crippen LogP contribution in [0.5, 0.6) is 11.5 Å². The van der Waals surface area contributed by atoms with Gasteiger partial charge in [0.05, 0.1) is 37.9 Å². The highest BCUT2D eigenvalue weighted by Crippen LogP contribution is 2.36. The van der Waals surface area contributed by atoms with Crippen LogP contribution in [0.3, 0.4) is 0 Å². The number of methoxy groups -OCH3 is 1. The van der Waals surface area contributed by atoms with E-state index in [4.69, 9.17) is 9.47 Å². The second-order valence-electron chi connectivity index (χ2n) is 4.39. The molecule has 5 nitrogen and oxygen atoms in total. The first-order valence-corrected chi connectivity index (χ1v) is 5.74. The van der Waals surface area contributed by atoms with Crippen molar-refractivity contribution in [2.24, 2.45) is 5.41 Å². The molecule has 1 aliphatic heterocycles. The Balaban J connectivity index is 2.47. The number of ether oxygens (including phenoxy) is 2. The highest BCUT2D eigenvalue weighted by molar-refractivity contribution is 6.03.